The van der Waals surface area contributed by atoms with Crippen LogP contribution in [0.1, 0.15) is 59.3 Å². The van der Waals surface area contributed by atoms with Gasteiger partial charge in [-0.1, -0.05) is 26.7 Å². The molecule has 0 aromatic carbocycles. The molecular formula is C19H32N2O3. The second kappa shape index (κ2) is 6.66. The summed E-state index contributed by atoms with van der Waals surface area (Å²) < 4.78 is 5.82. The zero-order valence-corrected chi connectivity index (χ0v) is 15.5. The fourth-order valence-corrected chi connectivity index (χ4v) is 5.24. The summed E-state index contributed by atoms with van der Waals surface area (Å²) >= 11 is 0. The quantitative estimate of drug-likeness (QED) is 0.838. The number of carbonyl (C=O) groups is 2. The highest BCUT2D eigenvalue weighted by atomic mass is 16.5. The fraction of sp³-hybridized carbons (Fsp3) is 0.895. The molecule has 4 atom stereocenters. The van der Waals surface area contributed by atoms with Gasteiger partial charge in [-0.05, 0) is 26.2 Å². The first kappa shape index (κ1) is 17.7. The molecule has 2 amide bonds. The number of ether oxygens (including phenoxy) is 1. The van der Waals surface area contributed by atoms with E-state index in [1.165, 1.54) is 0 Å². The number of hydrogen-bond acceptors (Lipinski definition) is 3. The highest BCUT2D eigenvalue weighted by Crippen LogP contribution is 2.54. The number of nitrogens with one attached hydrogen (secondary N) is 1. The molecule has 1 heterocycles. The van der Waals surface area contributed by atoms with Crippen molar-refractivity contribution in [3.05, 3.63) is 0 Å². The summed E-state index contributed by atoms with van der Waals surface area (Å²) in [7, 11) is 1.91. The number of fused-ring (bicyclic) bond motifs is 1. The molecule has 1 saturated heterocycles. The van der Waals surface area contributed by atoms with Crippen molar-refractivity contribution in [2.45, 2.75) is 77.5 Å². The third-order valence-corrected chi connectivity index (χ3v) is 6.44. The summed E-state index contributed by atoms with van der Waals surface area (Å²) in [4.78, 5) is 26.8. The molecular weight excluding hydrogens is 304 g/mol. The van der Waals surface area contributed by atoms with Crippen LogP contribution in [0, 0.1) is 17.3 Å². The zero-order chi connectivity index (χ0) is 17.5. The van der Waals surface area contributed by atoms with Crippen LogP contribution in [0.4, 0.5) is 0 Å². The molecule has 3 rings (SSSR count). The second-order valence-electron chi connectivity index (χ2n) is 8.61. The lowest BCUT2D eigenvalue weighted by molar-refractivity contribution is -0.167. The topological polar surface area (TPSA) is 58.6 Å². The largest absolute Gasteiger partial charge is 0.377 e. The predicted molar refractivity (Wildman–Crippen MR) is 92.4 cm³/mol. The van der Waals surface area contributed by atoms with Gasteiger partial charge in [0.05, 0.1) is 6.10 Å². The lowest BCUT2D eigenvalue weighted by Crippen LogP contribution is -2.67. The van der Waals surface area contributed by atoms with Gasteiger partial charge in [0.15, 0.2) is 0 Å². The Hall–Kier alpha value is -1.10. The van der Waals surface area contributed by atoms with Gasteiger partial charge in [-0.3, -0.25) is 9.59 Å². The minimum atomic E-state index is -0.105. The molecule has 4 unspecified atom stereocenters. The number of carbonyl (C=O) groups excluding carboxylic acids is 2. The molecule has 3 aliphatic rings. The van der Waals surface area contributed by atoms with Crippen LogP contribution in [0.15, 0.2) is 0 Å². The third-order valence-electron chi connectivity index (χ3n) is 6.44. The van der Waals surface area contributed by atoms with Crippen molar-refractivity contribution in [1.29, 1.82) is 0 Å². The van der Waals surface area contributed by atoms with Gasteiger partial charge in [0.25, 0.3) is 0 Å². The van der Waals surface area contributed by atoms with Gasteiger partial charge in [-0.2, -0.15) is 0 Å². The Labute approximate surface area is 145 Å². The van der Waals surface area contributed by atoms with E-state index < -0.39 is 0 Å². The van der Waals surface area contributed by atoms with Gasteiger partial charge in [-0.25, -0.2) is 0 Å². The average Bonchev–Trinajstić information content (AvgIpc) is 3.16. The normalized spacial score (nSPS) is 32.8. The maximum atomic E-state index is 12.7. The van der Waals surface area contributed by atoms with E-state index in [9.17, 15) is 9.59 Å². The molecule has 0 radical (unpaired) electrons. The Morgan fingerprint density at radius 3 is 2.58 bits per heavy atom. The summed E-state index contributed by atoms with van der Waals surface area (Å²) in [6, 6.07) is 0.141. The van der Waals surface area contributed by atoms with Crippen molar-refractivity contribution in [2.24, 2.45) is 17.3 Å². The summed E-state index contributed by atoms with van der Waals surface area (Å²) in [5.41, 5.74) is 0.0158. The lowest BCUT2D eigenvalue weighted by Gasteiger charge is -2.57. The van der Waals surface area contributed by atoms with Crippen LogP contribution in [0.2, 0.25) is 0 Å². The van der Waals surface area contributed by atoms with E-state index in [2.05, 4.69) is 19.2 Å². The van der Waals surface area contributed by atoms with Crippen molar-refractivity contribution < 1.29 is 14.3 Å². The highest BCUT2D eigenvalue weighted by Gasteiger charge is 2.61. The third kappa shape index (κ3) is 3.07. The van der Waals surface area contributed by atoms with Crippen molar-refractivity contribution in [2.75, 3.05) is 13.7 Å². The smallest absolute Gasteiger partial charge is 0.224 e. The Balaban J connectivity index is 1.51. The lowest BCUT2D eigenvalue weighted by atomic mass is 9.56. The Kier molecular flexibility index (Phi) is 4.92. The van der Waals surface area contributed by atoms with Gasteiger partial charge < -0.3 is 15.0 Å². The van der Waals surface area contributed by atoms with E-state index in [0.29, 0.717) is 12.3 Å². The number of amides is 2. The van der Waals surface area contributed by atoms with Gasteiger partial charge in [0.1, 0.15) is 0 Å². The molecule has 2 aliphatic carbocycles. The molecule has 1 aliphatic heterocycles. The fourth-order valence-electron chi connectivity index (χ4n) is 5.24. The van der Waals surface area contributed by atoms with Crippen LogP contribution in [-0.2, 0) is 14.3 Å². The molecule has 3 fully saturated rings. The predicted octanol–water partition coefficient (Wildman–Crippen LogP) is 2.34. The average molecular weight is 336 g/mol. The van der Waals surface area contributed by atoms with Crippen molar-refractivity contribution in [3.8, 4) is 0 Å². The van der Waals surface area contributed by atoms with Crippen molar-refractivity contribution >= 4 is 11.8 Å². The highest BCUT2D eigenvalue weighted by molar-refractivity contribution is 5.81. The molecule has 5 heteroatoms. The zero-order valence-electron chi connectivity index (χ0n) is 15.5. The summed E-state index contributed by atoms with van der Waals surface area (Å²) in [6.07, 6.45) is 5.99. The van der Waals surface area contributed by atoms with Crippen LogP contribution in [-0.4, -0.2) is 48.6 Å². The first-order valence-electron chi connectivity index (χ1n) is 9.50. The Bertz CT molecular complexity index is 499. The van der Waals surface area contributed by atoms with Gasteiger partial charge in [-0.15, -0.1) is 0 Å². The van der Waals surface area contributed by atoms with Crippen LogP contribution in [0.25, 0.3) is 0 Å². The minimum absolute atomic E-state index is 0.0158. The molecule has 0 aromatic rings. The molecule has 2 saturated carbocycles. The molecule has 136 valence electrons. The van der Waals surface area contributed by atoms with Crippen LogP contribution in [0.5, 0.6) is 0 Å². The van der Waals surface area contributed by atoms with Crippen molar-refractivity contribution in [1.82, 2.24) is 10.2 Å². The Morgan fingerprint density at radius 1 is 1.25 bits per heavy atom. The molecule has 0 bridgehead atoms. The van der Waals surface area contributed by atoms with Gasteiger partial charge in [0.2, 0.25) is 11.8 Å². The molecule has 24 heavy (non-hydrogen) atoms. The second-order valence-corrected chi connectivity index (χ2v) is 8.61. The molecule has 1 N–H and O–H groups in total. The maximum Gasteiger partial charge on any atom is 0.224 e. The summed E-state index contributed by atoms with van der Waals surface area (Å²) in [5.74, 6) is 0.876. The standard InChI is InChI=1S/C19H32N2O3/c1-12(20-18(23)13-7-5-6-8-13)11-15(22)21(4)16-14-9-10-24-17(14)19(16,2)3/h12-14,16-17H,5-11H2,1-4H3,(H,20,23). The first-order chi connectivity index (χ1) is 11.3. The van der Waals surface area contributed by atoms with E-state index in [-0.39, 0.29) is 41.3 Å². The van der Waals surface area contributed by atoms with Crippen LogP contribution in [0.3, 0.4) is 0 Å². The van der Waals surface area contributed by atoms with Crippen LogP contribution < -0.4 is 5.32 Å². The van der Waals surface area contributed by atoms with E-state index in [1.54, 1.807) is 0 Å². The monoisotopic (exact) mass is 336 g/mol. The maximum absolute atomic E-state index is 12.7. The van der Waals surface area contributed by atoms with Crippen LogP contribution >= 0.6 is 0 Å². The van der Waals surface area contributed by atoms with Crippen molar-refractivity contribution in [3.63, 3.8) is 0 Å². The van der Waals surface area contributed by atoms with E-state index >= 15 is 0 Å². The van der Waals surface area contributed by atoms with E-state index in [0.717, 1.165) is 38.7 Å². The van der Waals surface area contributed by atoms with E-state index in [1.807, 2.05) is 18.9 Å². The number of nitrogens with zero attached hydrogens (tertiary/aromatic N) is 1. The van der Waals surface area contributed by atoms with Gasteiger partial charge in [0, 0.05) is 49.4 Å². The first-order valence-corrected chi connectivity index (χ1v) is 9.50. The summed E-state index contributed by atoms with van der Waals surface area (Å²) in [6.45, 7) is 7.13. The SMILES string of the molecule is CC(CC(=O)N(C)C1C2CCOC2C1(C)C)NC(=O)C1CCCC1. The molecule has 0 aromatic heterocycles. The van der Waals surface area contributed by atoms with Gasteiger partial charge >= 0.3 is 0 Å². The summed E-state index contributed by atoms with van der Waals surface area (Å²) in [5, 5.41) is 3.04. The Morgan fingerprint density at radius 2 is 1.92 bits per heavy atom. The minimum Gasteiger partial charge on any atom is -0.377 e. The number of hydrogen-bond donors (Lipinski definition) is 1. The molecule has 5 nitrogen and oxygen atoms in total. The number of rotatable bonds is 5. The van der Waals surface area contributed by atoms with E-state index in [4.69, 9.17) is 4.74 Å². The molecule has 0 spiro atoms.